The average molecular weight is 295 g/mol. The van der Waals surface area contributed by atoms with Crippen LogP contribution in [-0.2, 0) is 11.2 Å². The van der Waals surface area contributed by atoms with Gasteiger partial charge < -0.3 is 4.74 Å². The molecule has 112 valence electrons. The normalized spacial score (nSPS) is 20.2. The highest BCUT2D eigenvalue weighted by Crippen LogP contribution is 2.31. The number of ether oxygens (including phenoxy) is 1. The number of rotatable bonds is 2. The van der Waals surface area contributed by atoms with E-state index in [4.69, 9.17) is 10.00 Å². The van der Waals surface area contributed by atoms with E-state index in [2.05, 4.69) is 11.1 Å². The lowest BCUT2D eigenvalue weighted by molar-refractivity contribution is -0.0186. The SMILES string of the molecule is CCC1(C)Cc2ncn(-c3ccc(C#N)cc3C)c2C(=O)O1. The Kier molecular flexibility index (Phi) is 3.25. The third-order valence-corrected chi connectivity index (χ3v) is 4.25. The molecule has 2 aromatic rings. The van der Waals surface area contributed by atoms with Crippen molar-refractivity contribution in [1.29, 1.82) is 5.26 Å². The van der Waals surface area contributed by atoms with E-state index in [1.807, 2.05) is 26.8 Å². The van der Waals surface area contributed by atoms with Crippen LogP contribution >= 0.6 is 0 Å². The number of hydrogen-bond acceptors (Lipinski definition) is 4. The number of carbonyl (C=O) groups excluding carboxylic acids is 1. The first-order chi connectivity index (χ1) is 10.5. The lowest BCUT2D eigenvalue weighted by atomic mass is 9.93. The van der Waals surface area contributed by atoms with Crippen LogP contribution in [0.5, 0.6) is 0 Å². The second kappa shape index (κ2) is 4.99. The average Bonchev–Trinajstić information content (AvgIpc) is 2.90. The summed E-state index contributed by atoms with van der Waals surface area (Å²) >= 11 is 0. The maximum absolute atomic E-state index is 12.4. The molecule has 3 rings (SSSR count). The predicted octanol–water partition coefficient (Wildman–Crippen LogP) is 2.93. The monoisotopic (exact) mass is 295 g/mol. The smallest absolute Gasteiger partial charge is 0.357 e. The van der Waals surface area contributed by atoms with Gasteiger partial charge in [0.05, 0.1) is 23.0 Å². The van der Waals surface area contributed by atoms with E-state index in [0.717, 1.165) is 23.4 Å². The summed E-state index contributed by atoms with van der Waals surface area (Å²) in [5.74, 6) is -0.341. The number of hydrogen-bond donors (Lipinski definition) is 0. The van der Waals surface area contributed by atoms with Crippen molar-refractivity contribution in [1.82, 2.24) is 9.55 Å². The van der Waals surface area contributed by atoms with Crippen LogP contribution in [0.2, 0.25) is 0 Å². The van der Waals surface area contributed by atoms with Gasteiger partial charge in [0.15, 0.2) is 5.69 Å². The standard InChI is InChI=1S/C17H17N3O2/c1-4-17(3)8-13-15(16(21)22-17)20(10-19-13)14-6-5-12(9-18)7-11(14)2/h5-7,10H,4,8H2,1-3H3. The highest BCUT2D eigenvalue weighted by atomic mass is 16.6. The third kappa shape index (κ3) is 2.17. The molecule has 0 amide bonds. The zero-order valence-corrected chi connectivity index (χ0v) is 12.9. The second-order valence-electron chi connectivity index (χ2n) is 5.89. The van der Waals surface area contributed by atoms with Crippen LogP contribution in [0.4, 0.5) is 0 Å². The maximum atomic E-state index is 12.4. The number of nitrogens with zero attached hydrogens (tertiary/aromatic N) is 3. The predicted molar refractivity (Wildman–Crippen MR) is 80.8 cm³/mol. The van der Waals surface area contributed by atoms with E-state index in [1.165, 1.54) is 0 Å². The van der Waals surface area contributed by atoms with Gasteiger partial charge in [-0.25, -0.2) is 9.78 Å². The Labute approximate surface area is 129 Å². The number of cyclic esters (lactones) is 1. The fraction of sp³-hybridized carbons (Fsp3) is 0.353. The second-order valence-corrected chi connectivity index (χ2v) is 5.89. The molecular weight excluding hydrogens is 278 g/mol. The fourth-order valence-corrected chi connectivity index (χ4v) is 2.77. The number of imidazole rings is 1. The first-order valence-electron chi connectivity index (χ1n) is 7.28. The molecule has 0 bridgehead atoms. The minimum Gasteiger partial charge on any atom is -0.454 e. The molecule has 0 radical (unpaired) electrons. The molecule has 1 aromatic carbocycles. The van der Waals surface area contributed by atoms with Gasteiger partial charge >= 0.3 is 5.97 Å². The first kappa shape index (κ1) is 14.3. The summed E-state index contributed by atoms with van der Waals surface area (Å²) in [4.78, 5) is 16.8. The van der Waals surface area contributed by atoms with Gasteiger partial charge in [-0.1, -0.05) is 6.92 Å². The van der Waals surface area contributed by atoms with Crippen molar-refractivity contribution in [2.45, 2.75) is 39.2 Å². The third-order valence-electron chi connectivity index (χ3n) is 4.25. The molecule has 2 heterocycles. The topological polar surface area (TPSA) is 67.9 Å². The Bertz CT molecular complexity index is 801. The zero-order valence-electron chi connectivity index (χ0n) is 12.9. The van der Waals surface area contributed by atoms with E-state index < -0.39 is 5.60 Å². The molecule has 0 saturated carbocycles. The number of carbonyl (C=O) groups is 1. The Balaban J connectivity index is 2.10. The molecule has 5 nitrogen and oxygen atoms in total. The van der Waals surface area contributed by atoms with Crippen LogP contribution in [0, 0.1) is 18.3 Å². The minimum atomic E-state index is -0.483. The summed E-state index contributed by atoms with van der Waals surface area (Å²) in [5.41, 5.74) is 3.11. The van der Waals surface area contributed by atoms with Crippen LogP contribution in [-0.4, -0.2) is 21.1 Å². The van der Waals surface area contributed by atoms with Crippen molar-refractivity contribution in [2.24, 2.45) is 0 Å². The molecule has 1 aromatic heterocycles. The molecule has 5 heteroatoms. The number of esters is 1. The number of benzene rings is 1. The Morgan fingerprint density at radius 1 is 1.50 bits per heavy atom. The molecule has 1 aliphatic heterocycles. The van der Waals surface area contributed by atoms with E-state index in [1.54, 1.807) is 23.0 Å². The molecule has 1 atom stereocenters. The zero-order chi connectivity index (χ0) is 15.9. The summed E-state index contributed by atoms with van der Waals surface area (Å²) < 4.78 is 7.36. The first-order valence-corrected chi connectivity index (χ1v) is 7.28. The lowest BCUT2D eigenvalue weighted by Crippen LogP contribution is -2.39. The van der Waals surface area contributed by atoms with Crippen LogP contribution < -0.4 is 0 Å². The van der Waals surface area contributed by atoms with Gasteiger partial charge in [-0.2, -0.15) is 5.26 Å². The molecule has 0 saturated heterocycles. The minimum absolute atomic E-state index is 0.341. The van der Waals surface area contributed by atoms with E-state index in [-0.39, 0.29) is 5.97 Å². The molecule has 1 aliphatic rings. The Morgan fingerprint density at radius 2 is 2.27 bits per heavy atom. The summed E-state index contributed by atoms with van der Waals surface area (Å²) in [5, 5.41) is 8.96. The molecule has 0 aliphatic carbocycles. The number of aromatic nitrogens is 2. The van der Waals surface area contributed by atoms with Crippen molar-refractivity contribution in [3.63, 3.8) is 0 Å². The van der Waals surface area contributed by atoms with E-state index >= 15 is 0 Å². The maximum Gasteiger partial charge on any atom is 0.357 e. The van der Waals surface area contributed by atoms with Crippen molar-refractivity contribution >= 4 is 5.97 Å². The van der Waals surface area contributed by atoms with Crippen LogP contribution in [0.25, 0.3) is 5.69 Å². The van der Waals surface area contributed by atoms with Crippen molar-refractivity contribution in [2.75, 3.05) is 0 Å². The highest BCUT2D eigenvalue weighted by molar-refractivity contribution is 5.91. The van der Waals surface area contributed by atoms with Gasteiger partial charge in [-0.3, -0.25) is 4.57 Å². The molecule has 0 N–H and O–H groups in total. The van der Waals surface area contributed by atoms with Crippen LogP contribution in [0.3, 0.4) is 0 Å². The largest absolute Gasteiger partial charge is 0.454 e. The van der Waals surface area contributed by atoms with Crippen molar-refractivity contribution < 1.29 is 9.53 Å². The molecule has 1 unspecified atom stereocenters. The summed E-state index contributed by atoms with van der Waals surface area (Å²) in [6.07, 6.45) is 3.02. The Hall–Kier alpha value is -2.61. The number of nitriles is 1. The lowest BCUT2D eigenvalue weighted by Gasteiger charge is -2.32. The van der Waals surface area contributed by atoms with Gasteiger partial charge in [-0.15, -0.1) is 0 Å². The molecule has 22 heavy (non-hydrogen) atoms. The summed E-state index contributed by atoms with van der Waals surface area (Å²) in [7, 11) is 0. The van der Waals surface area contributed by atoms with Crippen molar-refractivity contribution in [3.05, 3.63) is 47.0 Å². The Morgan fingerprint density at radius 3 is 2.91 bits per heavy atom. The number of fused-ring (bicyclic) bond motifs is 1. The van der Waals surface area contributed by atoms with Gasteiger partial charge in [0.2, 0.25) is 0 Å². The van der Waals surface area contributed by atoms with Crippen molar-refractivity contribution in [3.8, 4) is 11.8 Å². The highest BCUT2D eigenvalue weighted by Gasteiger charge is 2.38. The van der Waals surface area contributed by atoms with E-state index in [9.17, 15) is 4.79 Å². The van der Waals surface area contributed by atoms with Crippen LogP contribution in [0.1, 0.15) is 47.6 Å². The van der Waals surface area contributed by atoms with Gasteiger partial charge in [0.1, 0.15) is 11.9 Å². The summed E-state index contributed by atoms with van der Waals surface area (Å²) in [6, 6.07) is 7.48. The van der Waals surface area contributed by atoms with E-state index in [0.29, 0.717) is 17.7 Å². The molecule has 0 spiro atoms. The fourth-order valence-electron chi connectivity index (χ4n) is 2.77. The molecule has 0 fully saturated rings. The van der Waals surface area contributed by atoms with Crippen LogP contribution in [0.15, 0.2) is 24.5 Å². The quantitative estimate of drug-likeness (QED) is 0.799. The number of aryl methyl sites for hydroxylation is 1. The van der Waals surface area contributed by atoms with Gasteiger partial charge in [0, 0.05) is 6.42 Å². The molecular formula is C17H17N3O2. The van der Waals surface area contributed by atoms with Gasteiger partial charge in [0.25, 0.3) is 0 Å². The summed E-state index contributed by atoms with van der Waals surface area (Å²) in [6.45, 7) is 5.84. The van der Waals surface area contributed by atoms with Gasteiger partial charge in [-0.05, 0) is 44.0 Å².